The molecule has 0 bridgehead atoms. The van der Waals surface area contributed by atoms with Gasteiger partial charge < -0.3 is 5.11 Å². The van der Waals surface area contributed by atoms with Crippen LogP contribution in [0.1, 0.15) is 57.8 Å². The zero-order valence-electron chi connectivity index (χ0n) is 12.5. The van der Waals surface area contributed by atoms with Gasteiger partial charge in [-0.15, -0.1) is 0 Å². The average Bonchev–Trinajstić information content (AvgIpc) is 2.48. The number of carboxylic acid groups (broad SMARTS) is 1. The summed E-state index contributed by atoms with van der Waals surface area (Å²) in [4.78, 5) is 11.2. The lowest BCUT2D eigenvalue weighted by atomic mass is 9.87. The Balaban J connectivity index is 1.86. The van der Waals surface area contributed by atoms with E-state index in [0.29, 0.717) is 25.4 Å². The summed E-state index contributed by atoms with van der Waals surface area (Å²) in [6.07, 6.45) is 8.89. The van der Waals surface area contributed by atoms with Gasteiger partial charge in [0.05, 0.1) is 0 Å². The van der Waals surface area contributed by atoms with Gasteiger partial charge in [0.15, 0.2) is 0 Å². The molecule has 21 heavy (non-hydrogen) atoms. The largest absolute Gasteiger partial charge is 0.480 e. The molecule has 1 aliphatic heterocycles. The Labute approximate surface area is 127 Å². The Bertz CT molecular complexity index is 446. The fourth-order valence-electron chi connectivity index (χ4n) is 3.39. The predicted molar refractivity (Wildman–Crippen MR) is 80.1 cm³/mol. The maximum Gasteiger partial charge on any atom is 0.322 e. The minimum Gasteiger partial charge on any atom is -0.480 e. The SMILES string of the molecule is O=C(O)C1CCCCN1S(=O)(=O)NCCC1CCCCC1. The maximum atomic E-state index is 12.3. The first-order valence-electron chi connectivity index (χ1n) is 8.00. The van der Waals surface area contributed by atoms with Crippen LogP contribution in [0, 0.1) is 5.92 Å². The van der Waals surface area contributed by atoms with E-state index in [-0.39, 0.29) is 0 Å². The monoisotopic (exact) mass is 318 g/mol. The summed E-state index contributed by atoms with van der Waals surface area (Å²) in [6, 6.07) is -0.911. The molecule has 122 valence electrons. The van der Waals surface area contributed by atoms with Gasteiger partial charge >= 0.3 is 5.97 Å². The maximum absolute atomic E-state index is 12.3. The minimum absolute atomic E-state index is 0.301. The summed E-state index contributed by atoms with van der Waals surface area (Å²) in [7, 11) is -3.68. The highest BCUT2D eigenvalue weighted by Gasteiger charge is 2.36. The Kier molecular flexibility index (Phi) is 6.01. The summed E-state index contributed by atoms with van der Waals surface area (Å²) in [6.45, 7) is 0.714. The van der Waals surface area contributed by atoms with E-state index in [1.54, 1.807) is 0 Å². The molecule has 2 aliphatic rings. The van der Waals surface area contributed by atoms with Crippen molar-refractivity contribution in [2.24, 2.45) is 5.92 Å². The lowest BCUT2D eigenvalue weighted by Crippen LogP contribution is -2.52. The summed E-state index contributed by atoms with van der Waals surface area (Å²) in [5.41, 5.74) is 0. The quantitative estimate of drug-likeness (QED) is 0.781. The van der Waals surface area contributed by atoms with Gasteiger partial charge in [-0.1, -0.05) is 32.1 Å². The lowest BCUT2D eigenvalue weighted by Gasteiger charge is -2.32. The van der Waals surface area contributed by atoms with Crippen molar-refractivity contribution in [3.63, 3.8) is 0 Å². The van der Waals surface area contributed by atoms with Crippen LogP contribution in [0.4, 0.5) is 0 Å². The van der Waals surface area contributed by atoms with Gasteiger partial charge in [0, 0.05) is 13.1 Å². The van der Waals surface area contributed by atoms with Crippen molar-refractivity contribution in [3.05, 3.63) is 0 Å². The molecule has 2 fully saturated rings. The Morgan fingerprint density at radius 2 is 1.76 bits per heavy atom. The highest BCUT2D eigenvalue weighted by atomic mass is 32.2. The van der Waals surface area contributed by atoms with E-state index in [1.165, 1.54) is 32.1 Å². The molecular weight excluding hydrogens is 292 g/mol. The number of nitrogens with zero attached hydrogens (tertiary/aromatic N) is 1. The number of carboxylic acids is 1. The lowest BCUT2D eigenvalue weighted by molar-refractivity contribution is -0.142. The number of carbonyl (C=O) groups is 1. The molecule has 0 aromatic carbocycles. The van der Waals surface area contributed by atoms with Gasteiger partial charge in [0.2, 0.25) is 0 Å². The topological polar surface area (TPSA) is 86.7 Å². The van der Waals surface area contributed by atoms with Crippen LogP contribution in [0.25, 0.3) is 0 Å². The molecule has 1 aliphatic carbocycles. The van der Waals surface area contributed by atoms with Crippen molar-refractivity contribution in [2.75, 3.05) is 13.1 Å². The third-order valence-electron chi connectivity index (χ3n) is 4.61. The predicted octanol–water partition coefficient (Wildman–Crippen LogP) is 1.73. The summed E-state index contributed by atoms with van der Waals surface area (Å²) < 4.78 is 28.3. The summed E-state index contributed by atoms with van der Waals surface area (Å²) in [5, 5.41) is 9.17. The molecule has 1 heterocycles. The molecular formula is C14H26N2O4S. The minimum atomic E-state index is -3.68. The van der Waals surface area contributed by atoms with Crippen LogP contribution in [0.2, 0.25) is 0 Å². The van der Waals surface area contributed by atoms with Crippen molar-refractivity contribution < 1.29 is 18.3 Å². The van der Waals surface area contributed by atoms with Crippen LogP contribution in [0.15, 0.2) is 0 Å². The van der Waals surface area contributed by atoms with E-state index in [0.717, 1.165) is 23.6 Å². The number of aliphatic carboxylic acids is 1. The van der Waals surface area contributed by atoms with Crippen LogP contribution in [-0.4, -0.2) is 42.9 Å². The van der Waals surface area contributed by atoms with Gasteiger partial charge in [-0.25, -0.2) is 4.72 Å². The molecule has 1 unspecified atom stereocenters. The fraction of sp³-hybridized carbons (Fsp3) is 0.929. The van der Waals surface area contributed by atoms with E-state index in [1.807, 2.05) is 0 Å². The fourth-order valence-corrected chi connectivity index (χ4v) is 4.83. The number of rotatable bonds is 6. The molecule has 0 aromatic rings. The van der Waals surface area contributed by atoms with Gasteiger partial charge in [0.25, 0.3) is 10.2 Å². The Morgan fingerprint density at radius 3 is 2.43 bits per heavy atom. The first kappa shape index (κ1) is 16.7. The molecule has 0 amide bonds. The van der Waals surface area contributed by atoms with E-state index >= 15 is 0 Å². The van der Waals surface area contributed by atoms with Crippen LogP contribution >= 0.6 is 0 Å². The zero-order valence-corrected chi connectivity index (χ0v) is 13.3. The Morgan fingerprint density at radius 1 is 1.10 bits per heavy atom. The zero-order chi connectivity index (χ0) is 15.3. The normalized spacial score (nSPS) is 25.8. The third kappa shape index (κ3) is 4.66. The third-order valence-corrected chi connectivity index (χ3v) is 6.23. The van der Waals surface area contributed by atoms with E-state index in [9.17, 15) is 13.2 Å². The average molecular weight is 318 g/mol. The highest BCUT2D eigenvalue weighted by molar-refractivity contribution is 7.87. The van der Waals surface area contributed by atoms with E-state index in [2.05, 4.69) is 4.72 Å². The van der Waals surface area contributed by atoms with Crippen LogP contribution in [0.3, 0.4) is 0 Å². The molecule has 6 nitrogen and oxygen atoms in total. The van der Waals surface area contributed by atoms with Crippen molar-refractivity contribution in [1.82, 2.24) is 9.03 Å². The second kappa shape index (κ2) is 7.56. The summed E-state index contributed by atoms with van der Waals surface area (Å²) in [5.74, 6) is -0.439. The molecule has 1 saturated carbocycles. The van der Waals surface area contributed by atoms with Gasteiger partial charge in [-0.05, 0) is 31.6 Å². The molecule has 2 N–H and O–H groups in total. The molecule has 0 aromatic heterocycles. The second-order valence-corrected chi connectivity index (χ2v) is 7.86. The molecule has 1 atom stereocenters. The van der Waals surface area contributed by atoms with Gasteiger partial charge in [0.1, 0.15) is 6.04 Å². The van der Waals surface area contributed by atoms with Crippen molar-refractivity contribution in [1.29, 1.82) is 0 Å². The van der Waals surface area contributed by atoms with Crippen molar-refractivity contribution in [2.45, 2.75) is 63.8 Å². The molecule has 7 heteroatoms. The van der Waals surface area contributed by atoms with Crippen LogP contribution < -0.4 is 4.72 Å². The number of hydrogen-bond acceptors (Lipinski definition) is 3. The van der Waals surface area contributed by atoms with E-state index in [4.69, 9.17) is 5.11 Å². The first-order chi connectivity index (χ1) is 10.0. The van der Waals surface area contributed by atoms with Crippen LogP contribution in [-0.2, 0) is 15.0 Å². The molecule has 0 radical (unpaired) electrons. The number of hydrogen-bond donors (Lipinski definition) is 2. The van der Waals surface area contributed by atoms with E-state index < -0.39 is 22.2 Å². The molecule has 1 saturated heterocycles. The van der Waals surface area contributed by atoms with Crippen molar-refractivity contribution >= 4 is 16.2 Å². The smallest absolute Gasteiger partial charge is 0.322 e. The number of piperidine rings is 1. The summed E-state index contributed by atoms with van der Waals surface area (Å²) >= 11 is 0. The number of nitrogens with one attached hydrogen (secondary N) is 1. The second-order valence-electron chi connectivity index (χ2n) is 6.15. The standard InChI is InChI=1S/C14H26N2O4S/c17-14(18)13-8-4-5-11-16(13)21(19,20)15-10-9-12-6-2-1-3-7-12/h12-13,15H,1-11H2,(H,17,18). The molecule has 0 spiro atoms. The van der Waals surface area contributed by atoms with Crippen LogP contribution in [0.5, 0.6) is 0 Å². The highest BCUT2D eigenvalue weighted by Crippen LogP contribution is 2.26. The van der Waals surface area contributed by atoms with Gasteiger partial charge in [-0.3, -0.25) is 4.79 Å². The van der Waals surface area contributed by atoms with Crippen molar-refractivity contribution in [3.8, 4) is 0 Å². The first-order valence-corrected chi connectivity index (χ1v) is 9.44. The van der Waals surface area contributed by atoms with Gasteiger partial charge in [-0.2, -0.15) is 12.7 Å². The molecule has 2 rings (SSSR count). The Hall–Kier alpha value is -0.660.